The highest BCUT2D eigenvalue weighted by Gasteiger charge is 2.08. The van der Waals surface area contributed by atoms with Gasteiger partial charge in [0.1, 0.15) is 0 Å². The molecule has 1 atom stereocenters. The van der Waals surface area contributed by atoms with E-state index in [1.165, 1.54) is 0 Å². The minimum absolute atomic E-state index is 0.441. The van der Waals surface area contributed by atoms with Crippen LogP contribution in [0.4, 0.5) is 0 Å². The molecule has 4 nitrogen and oxygen atoms in total. The van der Waals surface area contributed by atoms with E-state index >= 15 is 0 Å². The van der Waals surface area contributed by atoms with Gasteiger partial charge < -0.3 is 14.6 Å². The van der Waals surface area contributed by atoms with Crippen molar-refractivity contribution in [3.63, 3.8) is 0 Å². The van der Waals surface area contributed by atoms with Crippen molar-refractivity contribution in [3.8, 4) is 17.4 Å². The van der Waals surface area contributed by atoms with Gasteiger partial charge in [0.25, 0.3) is 0 Å². The monoisotopic (exact) mass is 273 g/mol. The van der Waals surface area contributed by atoms with Gasteiger partial charge in [-0.25, -0.2) is 4.98 Å². The maximum Gasteiger partial charge on any atom is 0.219 e. The van der Waals surface area contributed by atoms with Crippen molar-refractivity contribution >= 4 is 0 Å². The summed E-state index contributed by atoms with van der Waals surface area (Å²) in [6.07, 6.45) is 2.00. The first-order valence-corrected chi connectivity index (χ1v) is 6.74. The van der Waals surface area contributed by atoms with Crippen LogP contribution in [0.15, 0.2) is 42.6 Å². The molecule has 0 radical (unpaired) electrons. The summed E-state index contributed by atoms with van der Waals surface area (Å²) in [5, 5.41) is 9.58. The summed E-state index contributed by atoms with van der Waals surface area (Å²) in [5.74, 6) is 1.76. The topological polar surface area (TPSA) is 51.6 Å². The highest BCUT2D eigenvalue weighted by Crippen LogP contribution is 2.31. The Kier molecular flexibility index (Phi) is 4.96. The molecule has 2 aromatic rings. The lowest BCUT2D eigenvalue weighted by Gasteiger charge is -2.12. The summed E-state index contributed by atoms with van der Waals surface area (Å²) in [6.45, 7) is 4.40. The average molecular weight is 273 g/mol. The van der Waals surface area contributed by atoms with Crippen molar-refractivity contribution in [1.29, 1.82) is 0 Å². The number of benzene rings is 1. The number of rotatable bonds is 6. The molecule has 0 aliphatic rings. The lowest BCUT2D eigenvalue weighted by Crippen LogP contribution is -1.98. The first kappa shape index (κ1) is 14.3. The van der Waals surface area contributed by atoms with Crippen molar-refractivity contribution in [1.82, 2.24) is 4.98 Å². The molecule has 0 fully saturated rings. The lowest BCUT2D eigenvalue weighted by atomic mass is 10.2. The minimum atomic E-state index is -0.549. The van der Waals surface area contributed by atoms with Gasteiger partial charge in [0.05, 0.1) is 12.7 Å². The molecule has 1 N–H and O–H groups in total. The Hall–Kier alpha value is -2.07. The molecule has 0 saturated carbocycles. The first-order valence-electron chi connectivity index (χ1n) is 6.74. The Morgan fingerprint density at radius 3 is 2.65 bits per heavy atom. The Balaban J connectivity index is 2.19. The third-order valence-corrected chi connectivity index (χ3v) is 2.77. The zero-order valence-corrected chi connectivity index (χ0v) is 11.7. The Labute approximate surface area is 119 Å². The van der Waals surface area contributed by atoms with E-state index in [9.17, 15) is 5.11 Å². The van der Waals surface area contributed by atoms with Crippen molar-refractivity contribution in [2.24, 2.45) is 0 Å². The first-order chi connectivity index (χ1) is 9.70. The van der Waals surface area contributed by atoms with Crippen molar-refractivity contribution in [2.45, 2.75) is 26.4 Å². The van der Waals surface area contributed by atoms with Crippen LogP contribution in [0.1, 0.15) is 31.9 Å². The quantitative estimate of drug-likeness (QED) is 0.871. The Morgan fingerprint density at radius 2 is 1.95 bits per heavy atom. The van der Waals surface area contributed by atoms with E-state index in [1.807, 2.05) is 24.3 Å². The fraction of sp³-hybridized carbons (Fsp3) is 0.312. The predicted octanol–water partition coefficient (Wildman–Crippen LogP) is 3.72. The molecule has 0 saturated heterocycles. The van der Waals surface area contributed by atoms with E-state index in [2.05, 4.69) is 11.9 Å². The van der Waals surface area contributed by atoms with E-state index in [1.54, 1.807) is 25.3 Å². The number of aromatic nitrogens is 1. The summed E-state index contributed by atoms with van der Waals surface area (Å²) in [4.78, 5) is 4.15. The van der Waals surface area contributed by atoms with Gasteiger partial charge in [0.2, 0.25) is 5.88 Å². The molecule has 0 amide bonds. The van der Waals surface area contributed by atoms with Gasteiger partial charge in [-0.05, 0) is 37.1 Å². The summed E-state index contributed by atoms with van der Waals surface area (Å²) >= 11 is 0. The predicted molar refractivity (Wildman–Crippen MR) is 77.2 cm³/mol. The summed E-state index contributed by atoms with van der Waals surface area (Å²) in [5.41, 5.74) is 0.766. The molecule has 106 valence electrons. The number of pyridine rings is 1. The van der Waals surface area contributed by atoms with Gasteiger partial charge in [0, 0.05) is 12.3 Å². The molecule has 1 aromatic carbocycles. The standard InChI is InChI=1S/C16H19NO3/c1-3-10-19-14-6-4-5-7-15(14)20-16-11-13(12(2)18)8-9-17-16/h4-9,11-12,18H,3,10H2,1-2H3/t12-/m0/s1. The summed E-state index contributed by atoms with van der Waals surface area (Å²) < 4.78 is 11.4. The van der Waals surface area contributed by atoms with Crippen LogP contribution in [-0.2, 0) is 0 Å². The lowest BCUT2D eigenvalue weighted by molar-refractivity contribution is 0.198. The molecule has 0 spiro atoms. The molecule has 2 rings (SSSR count). The van der Waals surface area contributed by atoms with Gasteiger partial charge >= 0.3 is 0 Å². The van der Waals surface area contributed by atoms with Crippen LogP contribution in [0.2, 0.25) is 0 Å². The number of hydrogen-bond donors (Lipinski definition) is 1. The van der Waals surface area contributed by atoms with Gasteiger partial charge in [0.15, 0.2) is 11.5 Å². The van der Waals surface area contributed by atoms with Crippen LogP contribution in [0.25, 0.3) is 0 Å². The van der Waals surface area contributed by atoms with Crippen LogP contribution >= 0.6 is 0 Å². The molecule has 1 aromatic heterocycles. The van der Waals surface area contributed by atoms with Crippen LogP contribution in [0, 0.1) is 0 Å². The molecular formula is C16H19NO3. The van der Waals surface area contributed by atoms with Crippen LogP contribution < -0.4 is 9.47 Å². The number of hydrogen-bond acceptors (Lipinski definition) is 4. The zero-order valence-electron chi connectivity index (χ0n) is 11.7. The van der Waals surface area contributed by atoms with Crippen molar-refractivity contribution in [2.75, 3.05) is 6.61 Å². The number of para-hydroxylation sites is 2. The molecular weight excluding hydrogens is 254 g/mol. The summed E-state index contributed by atoms with van der Waals surface area (Å²) in [7, 11) is 0. The number of ether oxygens (including phenoxy) is 2. The fourth-order valence-electron chi connectivity index (χ4n) is 1.72. The Morgan fingerprint density at radius 1 is 1.20 bits per heavy atom. The van der Waals surface area contributed by atoms with E-state index in [0.717, 1.165) is 12.0 Å². The zero-order chi connectivity index (χ0) is 14.4. The molecule has 1 heterocycles. The number of aliphatic hydroxyl groups excluding tert-OH is 1. The minimum Gasteiger partial charge on any atom is -0.490 e. The molecule has 20 heavy (non-hydrogen) atoms. The molecule has 4 heteroatoms. The second kappa shape index (κ2) is 6.91. The Bertz CT molecular complexity index is 555. The van der Waals surface area contributed by atoms with Crippen molar-refractivity contribution in [3.05, 3.63) is 48.2 Å². The van der Waals surface area contributed by atoms with Gasteiger partial charge in [-0.3, -0.25) is 0 Å². The van der Waals surface area contributed by atoms with Gasteiger partial charge in [-0.2, -0.15) is 0 Å². The molecule has 0 aliphatic heterocycles. The normalized spacial score (nSPS) is 11.9. The van der Waals surface area contributed by atoms with E-state index in [0.29, 0.717) is 24.0 Å². The van der Waals surface area contributed by atoms with E-state index < -0.39 is 6.10 Å². The highest BCUT2D eigenvalue weighted by atomic mass is 16.5. The fourth-order valence-corrected chi connectivity index (χ4v) is 1.72. The van der Waals surface area contributed by atoms with Crippen LogP contribution in [0.5, 0.6) is 17.4 Å². The second-order valence-electron chi connectivity index (χ2n) is 4.50. The largest absolute Gasteiger partial charge is 0.490 e. The highest BCUT2D eigenvalue weighted by molar-refractivity contribution is 5.42. The van der Waals surface area contributed by atoms with E-state index in [4.69, 9.17) is 9.47 Å². The maximum absolute atomic E-state index is 9.58. The van der Waals surface area contributed by atoms with Gasteiger partial charge in [-0.15, -0.1) is 0 Å². The molecule has 0 aliphatic carbocycles. The number of nitrogens with zero attached hydrogens (tertiary/aromatic N) is 1. The summed E-state index contributed by atoms with van der Waals surface area (Å²) in [6, 6.07) is 11.0. The van der Waals surface area contributed by atoms with E-state index in [-0.39, 0.29) is 0 Å². The average Bonchev–Trinajstić information content (AvgIpc) is 2.46. The third-order valence-electron chi connectivity index (χ3n) is 2.77. The maximum atomic E-state index is 9.58. The SMILES string of the molecule is CCCOc1ccccc1Oc1cc([C@H](C)O)ccn1. The van der Waals surface area contributed by atoms with Crippen molar-refractivity contribution < 1.29 is 14.6 Å². The second-order valence-corrected chi connectivity index (χ2v) is 4.50. The number of aliphatic hydroxyl groups is 1. The van der Waals surface area contributed by atoms with Crippen LogP contribution in [-0.4, -0.2) is 16.7 Å². The van der Waals surface area contributed by atoms with Crippen LogP contribution in [0.3, 0.4) is 0 Å². The third kappa shape index (κ3) is 3.71. The van der Waals surface area contributed by atoms with Gasteiger partial charge in [-0.1, -0.05) is 19.1 Å². The smallest absolute Gasteiger partial charge is 0.219 e. The molecule has 0 bridgehead atoms. The molecule has 0 unspecified atom stereocenters.